The fraction of sp³-hybridized carbons (Fsp3) is 0.188. The van der Waals surface area contributed by atoms with Gasteiger partial charge < -0.3 is 10.3 Å². The second-order valence-electron chi connectivity index (χ2n) is 5.15. The first-order valence-corrected chi connectivity index (χ1v) is 7.04. The Morgan fingerprint density at radius 1 is 1.14 bits per heavy atom. The molecule has 0 bridgehead atoms. The van der Waals surface area contributed by atoms with E-state index in [9.17, 15) is 4.79 Å². The molecule has 0 aliphatic carbocycles. The van der Waals surface area contributed by atoms with Gasteiger partial charge in [-0.2, -0.15) is 0 Å². The van der Waals surface area contributed by atoms with E-state index in [0.717, 1.165) is 35.7 Å². The van der Waals surface area contributed by atoms with Crippen molar-refractivity contribution in [2.24, 2.45) is 0 Å². The standard InChI is InChI=1S/C16H14N4O/c21-16-12-6-3-8-18-14(12)19-15(20-16)13-11-5-2-1-4-10(11)7-9-17-13/h1-2,4-5,7,9H,3,6,8H2,(H2,18,19,20,21). The summed E-state index contributed by atoms with van der Waals surface area (Å²) in [6.07, 6.45) is 3.47. The molecule has 5 nitrogen and oxygen atoms in total. The number of nitrogens with zero attached hydrogens (tertiary/aromatic N) is 2. The summed E-state index contributed by atoms with van der Waals surface area (Å²) < 4.78 is 0. The smallest absolute Gasteiger partial charge is 0.256 e. The number of hydrogen-bond acceptors (Lipinski definition) is 4. The largest absolute Gasteiger partial charge is 0.370 e. The number of nitrogens with one attached hydrogen (secondary N) is 2. The summed E-state index contributed by atoms with van der Waals surface area (Å²) in [5.41, 5.74) is 1.38. The molecule has 1 aromatic carbocycles. The van der Waals surface area contributed by atoms with Gasteiger partial charge in [0.05, 0.1) is 5.56 Å². The molecule has 0 unspecified atom stereocenters. The van der Waals surface area contributed by atoms with Gasteiger partial charge in [0.1, 0.15) is 11.5 Å². The Balaban J connectivity index is 1.97. The van der Waals surface area contributed by atoms with Crippen LogP contribution < -0.4 is 10.9 Å². The maximum absolute atomic E-state index is 12.2. The average Bonchev–Trinajstić information content (AvgIpc) is 2.54. The van der Waals surface area contributed by atoms with Crippen LogP contribution in [0.2, 0.25) is 0 Å². The van der Waals surface area contributed by atoms with E-state index in [1.54, 1.807) is 6.20 Å². The fourth-order valence-electron chi connectivity index (χ4n) is 2.77. The number of anilines is 1. The van der Waals surface area contributed by atoms with Crippen LogP contribution in [0.4, 0.5) is 5.82 Å². The maximum atomic E-state index is 12.2. The van der Waals surface area contributed by atoms with Crippen molar-refractivity contribution in [3.05, 3.63) is 52.4 Å². The first-order valence-electron chi connectivity index (χ1n) is 7.04. The third kappa shape index (κ3) is 1.98. The molecule has 3 heterocycles. The zero-order valence-corrected chi connectivity index (χ0v) is 11.4. The first-order chi connectivity index (χ1) is 10.3. The molecule has 1 aliphatic rings. The lowest BCUT2D eigenvalue weighted by molar-refractivity contribution is 0.799. The third-order valence-electron chi connectivity index (χ3n) is 3.81. The monoisotopic (exact) mass is 278 g/mol. The lowest BCUT2D eigenvalue weighted by atomic mass is 10.1. The SMILES string of the molecule is O=c1[nH]c(-c2nccc3ccccc23)nc2c1CCCN2. The average molecular weight is 278 g/mol. The minimum absolute atomic E-state index is 0.0723. The molecule has 2 N–H and O–H groups in total. The van der Waals surface area contributed by atoms with E-state index in [1.807, 2.05) is 30.3 Å². The molecule has 0 amide bonds. The van der Waals surface area contributed by atoms with Gasteiger partial charge in [-0.3, -0.25) is 9.78 Å². The van der Waals surface area contributed by atoms with Crippen LogP contribution in [-0.2, 0) is 6.42 Å². The molecular weight excluding hydrogens is 264 g/mol. The highest BCUT2D eigenvalue weighted by molar-refractivity contribution is 5.92. The van der Waals surface area contributed by atoms with E-state index in [1.165, 1.54) is 0 Å². The topological polar surface area (TPSA) is 70.7 Å². The van der Waals surface area contributed by atoms with Crippen LogP contribution in [0, 0.1) is 0 Å². The van der Waals surface area contributed by atoms with Crippen molar-refractivity contribution in [2.45, 2.75) is 12.8 Å². The molecule has 3 aromatic rings. The number of benzene rings is 1. The highest BCUT2D eigenvalue weighted by Gasteiger charge is 2.17. The number of pyridine rings is 1. The first kappa shape index (κ1) is 12.1. The summed E-state index contributed by atoms with van der Waals surface area (Å²) in [5, 5.41) is 5.27. The van der Waals surface area contributed by atoms with Crippen LogP contribution in [0.25, 0.3) is 22.3 Å². The van der Waals surface area contributed by atoms with E-state index >= 15 is 0 Å². The van der Waals surface area contributed by atoms with E-state index in [2.05, 4.69) is 20.3 Å². The summed E-state index contributed by atoms with van der Waals surface area (Å²) in [4.78, 5) is 24.1. The molecule has 5 heteroatoms. The Bertz CT molecular complexity index is 880. The van der Waals surface area contributed by atoms with Crippen molar-refractivity contribution in [3.63, 3.8) is 0 Å². The molecular formula is C16H14N4O. The Morgan fingerprint density at radius 2 is 2.05 bits per heavy atom. The highest BCUT2D eigenvalue weighted by Crippen LogP contribution is 2.25. The van der Waals surface area contributed by atoms with Gasteiger partial charge in [-0.05, 0) is 24.3 Å². The van der Waals surface area contributed by atoms with Crippen molar-refractivity contribution in [3.8, 4) is 11.5 Å². The maximum Gasteiger partial charge on any atom is 0.256 e. The van der Waals surface area contributed by atoms with Gasteiger partial charge in [0.15, 0.2) is 5.82 Å². The zero-order chi connectivity index (χ0) is 14.2. The van der Waals surface area contributed by atoms with Gasteiger partial charge in [0.2, 0.25) is 0 Å². The van der Waals surface area contributed by atoms with Crippen molar-refractivity contribution in [2.75, 3.05) is 11.9 Å². The summed E-state index contributed by atoms with van der Waals surface area (Å²) >= 11 is 0. The molecule has 0 fully saturated rings. The van der Waals surface area contributed by atoms with Crippen molar-refractivity contribution < 1.29 is 0 Å². The number of rotatable bonds is 1. The van der Waals surface area contributed by atoms with Gasteiger partial charge >= 0.3 is 0 Å². The quantitative estimate of drug-likeness (QED) is 0.716. The molecule has 0 atom stereocenters. The van der Waals surface area contributed by atoms with E-state index in [4.69, 9.17) is 0 Å². The minimum Gasteiger partial charge on any atom is -0.370 e. The van der Waals surface area contributed by atoms with Crippen LogP contribution in [0.1, 0.15) is 12.0 Å². The summed E-state index contributed by atoms with van der Waals surface area (Å²) in [6, 6.07) is 9.91. The summed E-state index contributed by atoms with van der Waals surface area (Å²) in [5.74, 6) is 1.21. The van der Waals surface area contributed by atoms with Crippen molar-refractivity contribution in [1.82, 2.24) is 15.0 Å². The van der Waals surface area contributed by atoms with Crippen LogP contribution in [0.3, 0.4) is 0 Å². The van der Waals surface area contributed by atoms with Crippen LogP contribution in [-0.4, -0.2) is 21.5 Å². The summed E-state index contributed by atoms with van der Waals surface area (Å²) in [7, 11) is 0. The van der Waals surface area contributed by atoms with Crippen LogP contribution in [0.15, 0.2) is 41.3 Å². The predicted octanol–water partition coefficient (Wildman–Crippen LogP) is 2.34. The van der Waals surface area contributed by atoms with Crippen molar-refractivity contribution >= 4 is 16.6 Å². The Hall–Kier alpha value is -2.69. The van der Waals surface area contributed by atoms with E-state index in [0.29, 0.717) is 17.3 Å². The third-order valence-corrected chi connectivity index (χ3v) is 3.81. The molecule has 4 rings (SSSR count). The molecule has 0 spiro atoms. The number of hydrogen-bond donors (Lipinski definition) is 2. The van der Waals surface area contributed by atoms with Gasteiger partial charge in [-0.15, -0.1) is 0 Å². The molecule has 21 heavy (non-hydrogen) atoms. The van der Waals surface area contributed by atoms with Gasteiger partial charge in [0.25, 0.3) is 5.56 Å². The number of H-pyrrole nitrogens is 1. The Kier molecular flexibility index (Phi) is 2.70. The van der Waals surface area contributed by atoms with E-state index in [-0.39, 0.29) is 5.56 Å². The molecule has 0 radical (unpaired) electrons. The predicted molar refractivity (Wildman–Crippen MR) is 82.4 cm³/mol. The van der Waals surface area contributed by atoms with Gasteiger partial charge in [0, 0.05) is 18.1 Å². The van der Waals surface area contributed by atoms with Crippen molar-refractivity contribution in [1.29, 1.82) is 0 Å². The number of aromatic amines is 1. The second kappa shape index (κ2) is 4.70. The molecule has 2 aromatic heterocycles. The minimum atomic E-state index is -0.0723. The normalized spacial score (nSPS) is 13.7. The van der Waals surface area contributed by atoms with E-state index < -0.39 is 0 Å². The number of aromatic nitrogens is 3. The van der Waals surface area contributed by atoms with Crippen LogP contribution in [0.5, 0.6) is 0 Å². The second-order valence-corrected chi connectivity index (χ2v) is 5.15. The molecule has 1 aliphatic heterocycles. The van der Waals surface area contributed by atoms with Gasteiger partial charge in [-0.25, -0.2) is 4.98 Å². The Morgan fingerprint density at radius 3 is 3.00 bits per heavy atom. The number of fused-ring (bicyclic) bond motifs is 2. The summed E-state index contributed by atoms with van der Waals surface area (Å²) in [6.45, 7) is 0.853. The highest BCUT2D eigenvalue weighted by atomic mass is 16.1. The Labute approximate surface area is 121 Å². The molecule has 104 valence electrons. The zero-order valence-electron chi connectivity index (χ0n) is 11.4. The molecule has 0 saturated heterocycles. The lowest BCUT2D eigenvalue weighted by Crippen LogP contribution is -2.24. The van der Waals surface area contributed by atoms with Crippen LogP contribution >= 0.6 is 0 Å². The molecule has 0 saturated carbocycles. The lowest BCUT2D eigenvalue weighted by Gasteiger charge is -2.16. The van der Waals surface area contributed by atoms with Gasteiger partial charge in [-0.1, -0.05) is 24.3 Å². The fourth-order valence-corrected chi connectivity index (χ4v) is 2.77.